The van der Waals surface area contributed by atoms with Crippen molar-refractivity contribution in [3.8, 4) is 0 Å². The molecule has 0 aliphatic carbocycles. The first-order chi connectivity index (χ1) is 5.36. The van der Waals surface area contributed by atoms with Crippen LogP contribution in [0.15, 0.2) is 29.3 Å². The van der Waals surface area contributed by atoms with Gasteiger partial charge < -0.3 is 5.32 Å². The quantitative estimate of drug-likeness (QED) is 0.512. The van der Waals surface area contributed by atoms with E-state index in [4.69, 9.17) is 0 Å². The molecule has 3 heteroatoms. The van der Waals surface area contributed by atoms with Crippen molar-refractivity contribution >= 4 is 17.5 Å². The first-order valence-electron chi connectivity index (χ1n) is 3.22. The van der Waals surface area contributed by atoms with Gasteiger partial charge in [0.1, 0.15) is 0 Å². The average molecular weight is 148 g/mol. The second-order valence-electron chi connectivity index (χ2n) is 2.00. The smallest absolute Gasteiger partial charge is 0.240 e. The molecule has 0 bridgehead atoms. The Morgan fingerprint density at radius 2 is 2.00 bits per heavy atom. The van der Waals surface area contributed by atoms with Gasteiger partial charge in [0.25, 0.3) is 0 Å². The third kappa shape index (κ3) is 1.92. The van der Waals surface area contributed by atoms with Crippen LogP contribution in [0.3, 0.4) is 0 Å². The van der Waals surface area contributed by atoms with Gasteiger partial charge in [-0.2, -0.15) is 4.99 Å². The lowest BCUT2D eigenvalue weighted by molar-refractivity contribution is 0.565. The lowest BCUT2D eigenvalue weighted by Crippen LogP contribution is -1.84. The molecule has 0 aromatic heterocycles. The van der Waals surface area contributed by atoms with E-state index in [0.717, 1.165) is 5.69 Å². The first kappa shape index (κ1) is 7.51. The summed E-state index contributed by atoms with van der Waals surface area (Å²) in [6.07, 6.45) is 1.48. The Kier molecular flexibility index (Phi) is 2.42. The maximum absolute atomic E-state index is 9.82. The van der Waals surface area contributed by atoms with Crippen molar-refractivity contribution < 1.29 is 4.79 Å². The average Bonchev–Trinajstić information content (AvgIpc) is 2.07. The van der Waals surface area contributed by atoms with Gasteiger partial charge in [-0.05, 0) is 24.3 Å². The molecule has 0 heterocycles. The van der Waals surface area contributed by atoms with E-state index in [1.54, 1.807) is 12.1 Å². The van der Waals surface area contributed by atoms with Gasteiger partial charge in [-0.3, -0.25) is 0 Å². The Morgan fingerprint density at radius 3 is 2.45 bits per heavy atom. The molecule has 0 spiro atoms. The van der Waals surface area contributed by atoms with Crippen LogP contribution in [-0.4, -0.2) is 13.1 Å². The number of isocyanates is 1. The van der Waals surface area contributed by atoms with Crippen LogP contribution in [0.2, 0.25) is 0 Å². The second kappa shape index (κ2) is 3.54. The van der Waals surface area contributed by atoms with Crippen LogP contribution in [-0.2, 0) is 4.79 Å². The van der Waals surface area contributed by atoms with E-state index in [9.17, 15) is 4.79 Å². The van der Waals surface area contributed by atoms with Gasteiger partial charge in [-0.15, -0.1) is 0 Å². The summed E-state index contributed by atoms with van der Waals surface area (Å²) >= 11 is 0. The van der Waals surface area contributed by atoms with Gasteiger partial charge in [0.05, 0.1) is 5.69 Å². The Balaban J connectivity index is 2.91. The largest absolute Gasteiger partial charge is 0.388 e. The molecule has 1 rings (SSSR count). The summed E-state index contributed by atoms with van der Waals surface area (Å²) in [5.74, 6) is 0. The fourth-order valence-electron chi connectivity index (χ4n) is 0.755. The summed E-state index contributed by atoms with van der Waals surface area (Å²) in [5, 5.41) is 2.96. The number of aliphatic imine (C=N–C) groups is 1. The van der Waals surface area contributed by atoms with E-state index in [2.05, 4.69) is 10.3 Å². The van der Waals surface area contributed by atoms with Gasteiger partial charge in [0.15, 0.2) is 0 Å². The molecule has 0 unspecified atom stereocenters. The number of carbonyl (C=O) groups excluding carboxylic acids is 1. The molecule has 1 N–H and O–H groups in total. The lowest BCUT2D eigenvalue weighted by atomic mass is 10.3. The zero-order valence-corrected chi connectivity index (χ0v) is 6.16. The highest BCUT2D eigenvalue weighted by molar-refractivity contribution is 5.54. The molecule has 3 nitrogen and oxygen atoms in total. The van der Waals surface area contributed by atoms with Crippen molar-refractivity contribution in [1.29, 1.82) is 0 Å². The van der Waals surface area contributed by atoms with E-state index in [1.807, 2.05) is 19.2 Å². The Bertz CT molecular complexity index is 273. The maximum Gasteiger partial charge on any atom is 0.240 e. The number of anilines is 1. The van der Waals surface area contributed by atoms with Crippen LogP contribution in [0.4, 0.5) is 11.4 Å². The van der Waals surface area contributed by atoms with Gasteiger partial charge in [-0.25, -0.2) is 4.79 Å². The number of benzene rings is 1. The van der Waals surface area contributed by atoms with Crippen molar-refractivity contribution in [2.75, 3.05) is 12.4 Å². The minimum atomic E-state index is 0.624. The molecule has 0 atom stereocenters. The molecule has 1 aromatic carbocycles. The predicted octanol–water partition coefficient (Wildman–Crippen LogP) is 1.70. The summed E-state index contributed by atoms with van der Waals surface area (Å²) in [5.41, 5.74) is 1.62. The third-order valence-corrected chi connectivity index (χ3v) is 1.33. The summed E-state index contributed by atoms with van der Waals surface area (Å²) in [7, 11) is 1.83. The highest BCUT2D eigenvalue weighted by Gasteiger charge is 1.88. The van der Waals surface area contributed by atoms with E-state index < -0.39 is 0 Å². The van der Waals surface area contributed by atoms with Crippen LogP contribution in [0.5, 0.6) is 0 Å². The molecule has 0 aliphatic rings. The molecule has 0 radical (unpaired) electrons. The fraction of sp³-hybridized carbons (Fsp3) is 0.125. The van der Waals surface area contributed by atoms with Crippen LogP contribution >= 0.6 is 0 Å². The van der Waals surface area contributed by atoms with Crippen LogP contribution in [0.25, 0.3) is 0 Å². The molecule has 1 aromatic rings. The van der Waals surface area contributed by atoms with Gasteiger partial charge in [0, 0.05) is 12.7 Å². The molecule has 0 amide bonds. The fourth-order valence-corrected chi connectivity index (χ4v) is 0.755. The number of rotatable bonds is 2. The van der Waals surface area contributed by atoms with Crippen molar-refractivity contribution in [1.82, 2.24) is 0 Å². The minimum absolute atomic E-state index is 0.624. The molecule has 11 heavy (non-hydrogen) atoms. The SMILES string of the molecule is CNc1ccc(N=C=O)cc1. The second-order valence-corrected chi connectivity index (χ2v) is 2.00. The third-order valence-electron chi connectivity index (χ3n) is 1.33. The van der Waals surface area contributed by atoms with Crippen molar-refractivity contribution in [3.63, 3.8) is 0 Å². The molecule has 56 valence electrons. The Morgan fingerprint density at radius 1 is 1.36 bits per heavy atom. The molecule has 0 saturated carbocycles. The number of hydrogen-bond acceptors (Lipinski definition) is 3. The van der Waals surface area contributed by atoms with E-state index in [0.29, 0.717) is 5.69 Å². The molecule has 0 aliphatic heterocycles. The summed E-state index contributed by atoms with van der Waals surface area (Å²) in [6, 6.07) is 7.18. The number of nitrogens with zero attached hydrogens (tertiary/aromatic N) is 1. The zero-order valence-electron chi connectivity index (χ0n) is 6.16. The van der Waals surface area contributed by atoms with Gasteiger partial charge in [0.2, 0.25) is 6.08 Å². The first-order valence-corrected chi connectivity index (χ1v) is 3.22. The summed E-state index contributed by atoms with van der Waals surface area (Å²) in [4.78, 5) is 13.3. The lowest BCUT2D eigenvalue weighted by Gasteiger charge is -1.97. The van der Waals surface area contributed by atoms with Crippen LogP contribution in [0, 0.1) is 0 Å². The standard InChI is InChI=1S/C8H8N2O/c1-9-7-2-4-8(5-3-7)10-6-11/h2-5,9H,1H3. The predicted molar refractivity (Wildman–Crippen MR) is 43.8 cm³/mol. The van der Waals surface area contributed by atoms with Crippen LogP contribution in [0.1, 0.15) is 0 Å². The Hall–Kier alpha value is -1.60. The molecular weight excluding hydrogens is 140 g/mol. The van der Waals surface area contributed by atoms with Gasteiger partial charge in [-0.1, -0.05) is 0 Å². The minimum Gasteiger partial charge on any atom is -0.388 e. The van der Waals surface area contributed by atoms with Crippen molar-refractivity contribution in [2.45, 2.75) is 0 Å². The highest BCUT2D eigenvalue weighted by Crippen LogP contribution is 2.14. The maximum atomic E-state index is 9.82. The van der Waals surface area contributed by atoms with Crippen molar-refractivity contribution in [3.05, 3.63) is 24.3 Å². The van der Waals surface area contributed by atoms with E-state index in [-0.39, 0.29) is 0 Å². The summed E-state index contributed by atoms with van der Waals surface area (Å²) < 4.78 is 0. The number of hydrogen-bond donors (Lipinski definition) is 1. The highest BCUT2D eigenvalue weighted by atomic mass is 16.1. The molecule has 0 saturated heterocycles. The summed E-state index contributed by atoms with van der Waals surface area (Å²) in [6.45, 7) is 0. The van der Waals surface area contributed by atoms with E-state index in [1.165, 1.54) is 6.08 Å². The monoisotopic (exact) mass is 148 g/mol. The topological polar surface area (TPSA) is 41.5 Å². The normalized spacial score (nSPS) is 8.45. The molecular formula is C8H8N2O. The van der Waals surface area contributed by atoms with Gasteiger partial charge >= 0.3 is 0 Å². The zero-order chi connectivity index (χ0) is 8.10. The Labute approximate surface area is 64.8 Å². The molecule has 0 fully saturated rings. The number of nitrogens with one attached hydrogen (secondary N) is 1. The van der Waals surface area contributed by atoms with E-state index >= 15 is 0 Å². The van der Waals surface area contributed by atoms with Crippen LogP contribution < -0.4 is 5.32 Å². The van der Waals surface area contributed by atoms with Crippen molar-refractivity contribution in [2.24, 2.45) is 4.99 Å².